The fraction of sp³-hybridized carbons (Fsp3) is 0.143. The molecule has 2 aromatic rings. The van der Waals surface area contributed by atoms with Crippen LogP contribution in [0.2, 0.25) is 0 Å². The maximum Gasteiger partial charge on any atom is 0.276 e. The number of aryl methyl sites for hydroxylation is 1. The van der Waals surface area contributed by atoms with Gasteiger partial charge in [-0.05, 0) is 31.2 Å². The van der Waals surface area contributed by atoms with Crippen molar-refractivity contribution in [3.8, 4) is 0 Å². The van der Waals surface area contributed by atoms with Crippen LogP contribution in [0.1, 0.15) is 16.1 Å². The molecule has 18 heavy (non-hydrogen) atoms. The molecule has 0 fully saturated rings. The van der Waals surface area contributed by atoms with Crippen molar-refractivity contribution in [2.75, 3.05) is 17.7 Å². The minimum absolute atomic E-state index is 0.175. The number of nitrogens with two attached hydrogens (primary N) is 1. The van der Waals surface area contributed by atoms with Crippen LogP contribution in [0.3, 0.4) is 0 Å². The first-order valence-corrected chi connectivity index (χ1v) is 5.65. The van der Waals surface area contributed by atoms with E-state index in [4.69, 9.17) is 5.73 Å². The van der Waals surface area contributed by atoms with Gasteiger partial charge in [-0.25, -0.2) is 4.98 Å². The lowest BCUT2D eigenvalue weighted by atomic mass is 10.2. The average molecular weight is 241 g/mol. The van der Waals surface area contributed by atoms with Crippen LogP contribution in [0.25, 0.3) is 0 Å². The highest BCUT2D eigenvalue weighted by molar-refractivity contribution is 6.04. The third-order valence-corrected chi connectivity index (χ3v) is 2.72. The Kier molecular flexibility index (Phi) is 3.28. The molecule has 0 saturated carbocycles. The summed E-state index contributed by atoms with van der Waals surface area (Å²) in [6.07, 6.45) is 0. The van der Waals surface area contributed by atoms with E-state index in [1.54, 1.807) is 30.1 Å². The number of hydrogen-bond acceptors (Lipinski definition) is 3. The molecule has 2 N–H and O–H groups in total. The largest absolute Gasteiger partial charge is 0.384 e. The van der Waals surface area contributed by atoms with Gasteiger partial charge in [-0.1, -0.05) is 23.8 Å². The van der Waals surface area contributed by atoms with Crippen LogP contribution in [0.5, 0.6) is 0 Å². The highest BCUT2D eigenvalue weighted by Crippen LogP contribution is 2.15. The summed E-state index contributed by atoms with van der Waals surface area (Å²) in [5, 5.41) is 0. The summed E-state index contributed by atoms with van der Waals surface area (Å²) in [6, 6.07) is 12.8. The highest BCUT2D eigenvalue weighted by atomic mass is 16.2. The third kappa shape index (κ3) is 2.48. The molecule has 92 valence electrons. The molecule has 0 spiro atoms. The van der Waals surface area contributed by atoms with Crippen LogP contribution in [0.15, 0.2) is 42.5 Å². The molecule has 0 aliphatic heterocycles. The van der Waals surface area contributed by atoms with Gasteiger partial charge >= 0.3 is 0 Å². The molecule has 0 unspecified atom stereocenters. The molecule has 1 aromatic carbocycles. The second-order valence-corrected chi connectivity index (χ2v) is 4.15. The lowest BCUT2D eigenvalue weighted by Gasteiger charge is -2.17. The smallest absolute Gasteiger partial charge is 0.276 e. The van der Waals surface area contributed by atoms with Crippen molar-refractivity contribution in [2.24, 2.45) is 0 Å². The summed E-state index contributed by atoms with van der Waals surface area (Å²) < 4.78 is 0. The highest BCUT2D eigenvalue weighted by Gasteiger charge is 2.14. The maximum atomic E-state index is 12.2. The van der Waals surface area contributed by atoms with Gasteiger partial charge in [0.1, 0.15) is 11.5 Å². The molecular weight excluding hydrogens is 226 g/mol. The summed E-state index contributed by atoms with van der Waals surface area (Å²) in [7, 11) is 1.72. The molecule has 1 heterocycles. The molecule has 0 radical (unpaired) electrons. The second kappa shape index (κ2) is 4.87. The number of rotatable bonds is 2. The fourth-order valence-corrected chi connectivity index (χ4v) is 1.63. The SMILES string of the molecule is Cc1ccc(N(C)C(=O)c2cccc(N)n2)cc1. The molecule has 1 aromatic heterocycles. The summed E-state index contributed by atoms with van der Waals surface area (Å²) in [5.41, 5.74) is 7.90. The molecule has 0 atom stereocenters. The normalized spacial score (nSPS) is 10.1. The van der Waals surface area contributed by atoms with Gasteiger partial charge in [0.25, 0.3) is 5.91 Å². The number of hydrogen-bond donors (Lipinski definition) is 1. The molecule has 0 aliphatic rings. The number of carbonyl (C=O) groups excluding carboxylic acids is 1. The van der Waals surface area contributed by atoms with Crippen LogP contribution < -0.4 is 10.6 Å². The van der Waals surface area contributed by atoms with Gasteiger partial charge in [0.2, 0.25) is 0 Å². The lowest BCUT2D eigenvalue weighted by molar-refractivity contribution is 0.0988. The summed E-state index contributed by atoms with van der Waals surface area (Å²) in [4.78, 5) is 17.8. The third-order valence-electron chi connectivity index (χ3n) is 2.72. The van der Waals surface area contributed by atoms with Crippen molar-refractivity contribution in [2.45, 2.75) is 6.92 Å². The van der Waals surface area contributed by atoms with Crippen molar-refractivity contribution in [3.63, 3.8) is 0 Å². The Morgan fingerprint density at radius 2 is 1.83 bits per heavy atom. The first-order chi connectivity index (χ1) is 8.58. The van der Waals surface area contributed by atoms with Gasteiger partial charge in [-0.2, -0.15) is 0 Å². The standard InChI is InChI=1S/C14H15N3O/c1-10-6-8-11(9-7-10)17(2)14(18)12-4-3-5-13(15)16-12/h3-9H,1-2H3,(H2,15,16). The van der Waals surface area contributed by atoms with E-state index in [1.807, 2.05) is 31.2 Å². The van der Waals surface area contributed by atoms with Crippen molar-refractivity contribution in [1.29, 1.82) is 0 Å². The number of pyridine rings is 1. The van der Waals surface area contributed by atoms with E-state index in [0.717, 1.165) is 11.3 Å². The van der Waals surface area contributed by atoms with Gasteiger partial charge in [-0.3, -0.25) is 4.79 Å². The first-order valence-electron chi connectivity index (χ1n) is 5.65. The Labute approximate surface area is 106 Å². The Balaban J connectivity index is 2.26. The van der Waals surface area contributed by atoms with E-state index in [9.17, 15) is 4.79 Å². The van der Waals surface area contributed by atoms with Gasteiger partial charge < -0.3 is 10.6 Å². The predicted octanol–water partition coefficient (Wildman–Crippen LogP) is 2.25. The second-order valence-electron chi connectivity index (χ2n) is 4.15. The van der Waals surface area contributed by atoms with Gasteiger partial charge in [0, 0.05) is 12.7 Å². The number of benzene rings is 1. The minimum atomic E-state index is -0.175. The maximum absolute atomic E-state index is 12.2. The fourth-order valence-electron chi connectivity index (χ4n) is 1.63. The molecule has 4 heteroatoms. The van der Waals surface area contributed by atoms with E-state index in [-0.39, 0.29) is 5.91 Å². The van der Waals surface area contributed by atoms with Crippen LogP contribution in [-0.2, 0) is 0 Å². The number of nitrogens with zero attached hydrogens (tertiary/aromatic N) is 2. The first kappa shape index (κ1) is 12.1. The van der Waals surface area contributed by atoms with Crippen molar-refractivity contribution in [1.82, 2.24) is 4.98 Å². The Morgan fingerprint density at radius 1 is 1.17 bits per heavy atom. The number of amides is 1. The van der Waals surface area contributed by atoms with Crippen molar-refractivity contribution < 1.29 is 4.79 Å². The Hall–Kier alpha value is -2.36. The summed E-state index contributed by atoms with van der Waals surface area (Å²) in [5.74, 6) is 0.171. The van der Waals surface area contributed by atoms with Crippen LogP contribution in [0, 0.1) is 6.92 Å². The van der Waals surface area contributed by atoms with Gasteiger partial charge in [0.05, 0.1) is 0 Å². The lowest BCUT2D eigenvalue weighted by Crippen LogP contribution is -2.27. The summed E-state index contributed by atoms with van der Waals surface area (Å²) in [6.45, 7) is 2.01. The van der Waals surface area contributed by atoms with E-state index < -0.39 is 0 Å². The van der Waals surface area contributed by atoms with Gasteiger partial charge in [-0.15, -0.1) is 0 Å². The van der Waals surface area contributed by atoms with E-state index in [2.05, 4.69) is 4.98 Å². The minimum Gasteiger partial charge on any atom is -0.384 e. The molecule has 1 amide bonds. The number of nitrogen functional groups attached to an aromatic ring is 1. The number of anilines is 2. The van der Waals surface area contributed by atoms with Crippen LogP contribution in [-0.4, -0.2) is 17.9 Å². The average Bonchev–Trinajstić information content (AvgIpc) is 2.38. The monoisotopic (exact) mass is 241 g/mol. The van der Waals surface area contributed by atoms with E-state index in [1.165, 1.54) is 0 Å². The van der Waals surface area contributed by atoms with Crippen molar-refractivity contribution >= 4 is 17.4 Å². The van der Waals surface area contributed by atoms with Crippen LogP contribution in [0.4, 0.5) is 11.5 Å². The summed E-state index contributed by atoms with van der Waals surface area (Å²) >= 11 is 0. The molecule has 0 aliphatic carbocycles. The number of aromatic nitrogens is 1. The zero-order valence-electron chi connectivity index (χ0n) is 10.4. The van der Waals surface area contributed by atoms with Gasteiger partial charge in [0.15, 0.2) is 0 Å². The zero-order chi connectivity index (χ0) is 13.1. The molecule has 2 rings (SSSR count). The Bertz CT molecular complexity index is 564. The quantitative estimate of drug-likeness (QED) is 0.877. The Morgan fingerprint density at radius 3 is 2.44 bits per heavy atom. The van der Waals surface area contributed by atoms with E-state index in [0.29, 0.717) is 11.5 Å². The zero-order valence-corrected chi connectivity index (χ0v) is 10.4. The molecule has 0 saturated heterocycles. The van der Waals surface area contributed by atoms with Crippen LogP contribution >= 0.6 is 0 Å². The number of carbonyl (C=O) groups is 1. The van der Waals surface area contributed by atoms with Crippen molar-refractivity contribution in [3.05, 3.63) is 53.7 Å². The topological polar surface area (TPSA) is 59.2 Å². The molecular formula is C14H15N3O. The molecule has 0 bridgehead atoms. The molecule has 4 nitrogen and oxygen atoms in total. The van der Waals surface area contributed by atoms with E-state index >= 15 is 0 Å². The predicted molar refractivity (Wildman–Crippen MR) is 72.6 cm³/mol.